The predicted molar refractivity (Wildman–Crippen MR) is 99.9 cm³/mol. The smallest absolute Gasteiger partial charge is 0.228 e. The third-order valence-corrected chi connectivity index (χ3v) is 3.61. The molecular weight excluding hydrogens is 359 g/mol. The summed E-state index contributed by atoms with van der Waals surface area (Å²) in [5, 5.41) is 11.1. The van der Waals surface area contributed by atoms with Gasteiger partial charge in [-0.15, -0.1) is 36.2 Å². The number of nitrogens with one attached hydrogen (secondary N) is 3. The van der Waals surface area contributed by atoms with E-state index in [1.807, 2.05) is 27.7 Å². The lowest BCUT2D eigenvalue weighted by atomic mass is 10.2. The fourth-order valence-corrected chi connectivity index (χ4v) is 2.32. The van der Waals surface area contributed by atoms with Crippen LogP contribution < -0.4 is 16.0 Å². The summed E-state index contributed by atoms with van der Waals surface area (Å²) in [4.78, 5) is 27.6. The molecule has 1 atom stereocenters. The molecule has 0 aromatic carbocycles. The molecule has 1 aromatic heterocycles. The second-order valence-corrected chi connectivity index (χ2v) is 6.09. The van der Waals surface area contributed by atoms with Crippen LogP contribution in [0, 0.1) is 5.92 Å². The molecule has 0 spiro atoms. The summed E-state index contributed by atoms with van der Waals surface area (Å²) >= 11 is 1.33. The minimum absolute atomic E-state index is 0. The van der Waals surface area contributed by atoms with Crippen LogP contribution in [0.5, 0.6) is 0 Å². The lowest BCUT2D eigenvalue weighted by Gasteiger charge is -2.12. The summed E-state index contributed by atoms with van der Waals surface area (Å²) in [6.45, 7) is 9.16. The molecule has 3 N–H and O–H groups in total. The van der Waals surface area contributed by atoms with Crippen LogP contribution in [0.4, 0.5) is 5.13 Å². The van der Waals surface area contributed by atoms with Crippen LogP contribution in [0.2, 0.25) is 0 Å². The Morgan fingerprint density at radius 2 is 1.91 bits per heavy atom. The van der Waals surface area contributed by atoms with E-state index in [9.17, 15) is 9.59 Å². The van der Waals surface area contributed by atoms with Crippen molar-refractivity contribution in [2.24, 2.45) is 5.92 Å². The van der Waals surface area contributed by atoms with Gasteiger partial charge in [-0.1, -0.05) is 20.8 Å². The van der Waals surface area contributed by atoms with Crippen molar-refractivity contribution in [3.8, 4) is 0 Å². The third kappa shape index (κ3) is 9.76. The highest BCUT2D eigenvalue weighted by Crippen LogP contribution is 2.16. The number of rotatable bonds is 8. The molecule has 0 aliphatic heterocycles. The lowest BCUT2D eigenvalue weighted by molar-refractivity contribution is -0.120. The number of anilines is 1. The van der Waals surface area contributed by atoms with Gasteiger partial charge in [-0.05, 0) is 13.5 Å². The van der Waals surface area contributed by atoms with Crippen LogP contribution in [0.1, 0.15) is 33.4 Å². The number of hydrogen-bond donors (Lipinski definition) is 3. The first-order chi connectivity index (χ1) is 9.92. The van der Waals surface area contributed by atoms with Crippen LogP contribution >= 0.6 is 36.2 Å². The van der Waals surface area contributed by atoms with Gasteiger partial charge in [0.1, 0.15) is 0 Å². The largest absolute Gasteiger partial charge is 0.354 e. The van der Waals surface area contributed by atoms with E-state index >= 15 is 0 Å². The zero-order valence-electron chi connectivity index (χ0n) is 13.8. The Morgan fingerprint density at radius 1 is 1.26 bits per heavy atom. The molecular formula is C14H26Cl2N4O2S. The molecule has 9 heteroatoms. The van der Waals surface area contributed by atoms with Gasteiger partial charge in [0.25, 0.3) is 0 Å². The first-order valence-electron chi connectivity index (χ1n) is 7.17. The molecule has 134 valence electrons. The van der Waals surface area contributed by atoms with Crippen molar-refractivity contribution >= 4 is 53.1 Å². The van der Waals surface area contributed by atoms with Crippen LogP contribution in [0.25, 0.3) is 0 Å². The predicted octanol–water partition coefficient (Wildman–Crippen LogP) is 2.24. The second kappa shape index (κ2) is 12.5. The lowest BCUT2D eigenvalue weighted by Crippen LogP contribution is -2.39. The van der Waals surface area contributed by atoms with Gasteiger partial charge < -0.3 is 16.0 Å². The highest BCUT2D eigenvalue weighted by molar-refractivity contribution is 7.13. The molecule has 1 heterocycles. The first kappa shape index (κ1) is 24.4. The van der Waals surface area contributed by atoms with Crippen LogP contribution in [-0.4, -0.2) is 35.9 Å². The molecule has 0 radical (unpaired) electrons. The number of halogens is 2. The van der Waals surface area contributed by atoms with Crippen LogP contribution in [0.15, 0.2) is 5.38 Å². The van der Waals surface area contributed by atoms with E-state index in [2.05, 4.69) is 20.9 Å². The Balaban J connectivity index is 0. The number of likely N-dealkylation sites (N-methyl/N-ethyl adjacent to an activating group) is 1. The molecule has 6 nitrogen and oxygen atoms in total. The quantitative estimate of drug-likeness (QED) is 0.641. The highest BCUT2D eigenvalue weighted by atomic mass is 35.5. The van der Waals surface area contributed by atoms with E-state index in [1.54, 1.807) is 5.38 Å². The SMILES string of the molecule is CCN[C@H](C)CNC(=O)Cc1csc(NC(=O)C(C)C)n1.Cl.Cl. The topological polar surface area (TPSA) is 83.1 Å². The maximum Gasteiger partial charge on any atom is 0.228 e. The number of carbonyl (C=O) groups excluding carboxylic acids is 2. The zero-order valence-corrected chi connectivity index (χ0v) is 16.3. The van der Waals surface area contributed by atoms with Gasteiger partial charge in [-0.3, -0.25) is 9.59 Å². The molecule has 0 aliphatic carbocycles. The average Bonchev–Trinajstić information content (AvgIpc) is 2.84. The standard InChI is InChI=1S/C14H24N4O2S.2ClH/c1-5-15-10(4)7-16-12(19)6-11-8-21-14(17-11)18-13(20)9(2)3;;/h8-10,15H,5-7H2,1-4H3,(H,16,19)(H,17,18,20);2*1H/t10-;;/m1../s1. The summed E-state index contributed by atoms with van der Waals surface area (Å²) in [7, 11) is 0. The molecule has 0 aliphatic rings. The molecule has 2 amide bonds. The Hall–Kier alpha value is -0.890. The van der Waals surface area contributed by atoms with E-state index < -0.39 is 0 Å². The second-order valence-electron chi connectivity index (χ2n) is 5.23. The Labute approximate surface area is 154 Å². The molecule has 0 fully saturated rings. The molecule has 0 saturated carbocycles. The number of nitrogens with zero attached hydrogens (tertiary/aromatic N) is 1. The highest BCUT2D eigenvalue weighted by Gasteiger charge is 2.12. The monoisotopic (exact) mass is 384 g/mol. The van der Waals surface area contributed by atoms with Crippen LogP contribution in [-0.2, 0) is 16.0 Å². The summed E-state index contributed by atoms with van der Waals surface area (Å²) in [6, 6.07) is 0.246. The van der Waals surface area contributed by atoms with E-state index in [-0.39, 0.29) is 55.0 Å². The van der Waals surface area contributed by atoms with Crippen molar-refractivity contribution < 1.29 is 9.59 Å². The van der Waals surface area contributed by atoms with Crippen molar-refractivity contribution in [3.05, 3.63) is 11.1 Å². The van der Waals surface area contributed by atoms with Gasteiger partial charge in [0, 0.05) is 23.9 Å². The summed E-state index contributed by atoms with van der Waals surface area (Å²) < 4.78 is 0. The molecule has 0 unspecified atom stereocenters. The first-order valence-corrected chi connectivity index (χ1v) is 8.05. The Kier molecular flexibility index (Phi) is 13.3. The summed E-state index contributed by atoms with van der Waals surface area (Å²) in [6.07, 6.45) is 0.229. The minimum Gasteiger partial charge on any atom is -0.354 e. The van der Waals surface area contributed by atoms with Crippen molar-refractivity contribution in [1.82, 2.24) is 15.6 Å². The van der Waals surface area contributed by atoms with Crippen molar-refractivity contribution in [1.29, 1.82) is 0 Å². The maximum absolute atomic E-state index is 11.8. The van der Waals surface area contributed by atoms with Gasteiger partial charge in [-0.25, -0.2) is 4.98 Å². The van der Waals surface area contributed by atoms with Crippen LogP contribution in [0.3, 0.4) is 0 Å². The van der Waals surface area contributed by atoms with E-state index in [4.69, 9.17) is 0 Å². The molecule has 23 heavy (non-hydrogen) atoms. The molecule has 1 aromatic rings. The fraction of sp³-hybridized carbons (Fsp3) is 0.643. The van der Waals surface area contributed by atoms with Gasteiger partial charge in [-0.2, -0.15) is 0 Å². The third-order valence-electron chi connectivity index (χ3n) is 2.81. The molecule has 1 rings (SSSR count). The van der Waals surface area contributed by atoms with Gasteiger partial charge >= 0.3 is 0 Å². The van der Waals surface area contributed by atoms with Gasteiger partial charge in [0.15, 0.2) is 5.13 Å². The number of amides is 2. The number of thiazole rings is 1. The van der Waals surface area contributed by atoms with Crippen molar-refractivity contribution in [2.45, 2.75) is 40.2 Å². The van der Waals surface area contributed by atoms with E-state index in [1.165, 1.54) is 11.3 Å². The Bertz CT molecular complexity index is 483. The average molecular weight is 385 g/mol. The number of carbonyl (C=O) groups is 2. The number of hydrogen-bond acceptors (Lipinski definition) is 5. The Morgan fingerprint density at radius 3 is 2.48 bits per heavy atom. The maximum atomic E-state index is 11.8. The minimum atomic E-state index is -0.0896. The number of aromatic nitrogens is 1. The molecule has 0 bridgehead atoms. The summed E-state index contributed by atoms with van der Waals surface area (Å²) in [5.74, 6) is -0.222. The van der Waals surface area contributed by atoms with Gasteiger partial charge in [0.2, 0.25) is 11.8 Å². The fourth-order valence-electron chi connectivity index (χ4n) is 1.61. The van der Waals surface area contributed by atoms with E-state index in [0.717, 1.165) is 6.54 Å². The summed E-state index contributed by atoms with van der Waals surface area (Å²) in [5.41, 5.74) is 0.674. The van der Waals surface area contributed by atoms with Crippen molar-refractivity contribution in [2.75, 3.05) is 18.4 Å². The molecule has 0 saturated heterocycles. The van der Waals surface area contributed by atoms with E-state index in [0.29, 0.717) is 17.4 Å². The van der Waals surface area contributed by atoms with Crippen molar-refractivity contribution in [3.63, 3.8) is 0 Å². The zero-order chi connectivity index (χ0) is 15.8. The van der Waals surface area contributed by atoms with Gasteiger partial charge in [0.05, 0.1) is 12.1 Å². The normalized spacial score (nSPS) is 11.2.